The lowest BCUT2D eigenvalue weighted by atomic mass is 10.1. The molecule has 0 radical (unpaired) electrons. The van der Waals surface area contributed by atoms with Crippen LogP contribution in [0.5, 0.6) is 5.75 Å². The fourth-order valence-electron chi connectivity index (χ4n) is 1.29. The minimum Gasteiger partial charge on any atom is -0.493 e. The van der Waals surface area contributed by atoms with Gasteiger partial charge in [0.25, 0.3) is 0 Å². The SMILES string of the molecule is CC[C@H](C)COc1cccc([C@@H](C)NCl)c1. The molecule has 16 heavy (non-hydrogen) atoms. The van der Waals surface area contributed by atoms with Gasteiger partial charge in [0.2, 0.25) is 0 Å². The molecule has 2 atom stereocenters. The van der Waals surface area contributed by atoms with E-state index in [0.717, 1.165) is 24.3 Å². The smallest absolute Gasteiger partial charge is 0.119 e. The second-order valence-electron chi connectivity index (χ2n) is 4.23. The van der Waals surface area contributed by atoms with Crippen molar-refractivity contribution >= 4 is 11.8 Å². The highest BCUT2D eigenvalue weighted by atomic mass is 35.5. The third-order valence-corrected chi connectivity index (χ3v) is 3.08. The summed E-state index contributed by atoms with van der Waals surface area (Å²) in [6, 6.07) is 8.17. The average Bonchev–Trinajstić information content (AvgIpc) is 2.35. The summed E-state index contributed by atoms with van der Waals surface area (Å²) in [5.74, 6) is 1.50. The Morgan fingerprint density at radius 3 is 2.75 bits per heavy atom. The normalized spacial score (nSPS) is 14.5. The van der Waals surface area contributed by atoms with E-state index in [2.05, 4.69) is 18.7 Å². The first-order valence-corrected chi connectivity index (χ1v) is 6.14. The summed E-state index contributed by atoms with van der Waals surface area (Å²) < 4.78 is 5.72. The van der Waals surface area contributed by atoms with Crippen LogP contribution in [0, 0.1) is 5.92 Å². The molecule has 1 rings (SSSR count). The Labute approximate surface area is 103 Å². The first kappa shape index (κ1) is 13.3. The zero-order valence-electron chi connectivity index (χ0n) is 10.2. The van der Waals surface area contributed by atoms with Crippen LogP contribution in [0.1, 0.15) is 38.8 Å². The molecule has 0 aliphatic heterocycles. The minimum absolute atomic E-state index is 0.133. The summed E-state index contributed by atoms with van der Waals surface area (Å²) in [5, 5.41) is 0. The van der Waals surface area contributed by atoms with Gasteiger partial charge in [-0.1, -0.05) is 32.4 Å². The van der Waals surface area contributed by atoms with Gasteiger partial charge in [-0.2, -0.15) is 0 Å². The van der Waals surface area contributed by atoms with Crippen molar-refractivity contribution in [3.05, 3.63) is 29.8 Å². The third-order valence-electron chi connectivity index (χ3n) is 2.75. The van der Waals surface area contributed by atoms with Gasteiger partial charge in [-0.05, 0) is 42.3 Å². The van der Waals surface area contributed by atoms with Crippen LogP contribution in [-0.2, 0) is 0 Å². The van der Waals surface area contributed by atoms with E-state index in [1.165, 1.54) is 0 Å². The quantitative estimate of drug-likeness (QED) is 0.763. The van der Waals surface area contributed by atoms with Crippen molar-refractivity contribution in [1.29, 1.82) is 0 Å². The molecule has 0 amide bonds. The van der Waals surface area contributed by atoms with Crippen LogP contribution >= 0.6 is 11.8 Å². The van der Waals surface area contributed by atoms with Crippen molar-refractivity contribution in [1.82, 2.24) is 4.84 Å². The zero-order chi connectivity index (χ0) is 12.0. The van der Waals surface area contributed by atoms with Gasteiger partial charge in [0.15, 0.2) is 0 Å². The number of benzene rings is 1. The number of hydrogen-bond donors (Lipinski definition) is 1. The van der Waals surface area contributed by atoms with E-state index in [9.17, 15) is 0 Å². The molecule has 0 aliphatic carbocycles. The molecule has 0 heterocycles. The summed E-state index contributed by atoms with van der Waals surface area (Å²) >= 11 is 5.60. The van der Waals surface area contributed by atoms with Crippen LogP contribution < -0.4 is 9.57 Å². The molecule has 0 spiro atoms. The summed E-state index contributed by atoms with van der Waals surface area (Å²) in [4.78, 5) is 2.70. The Bertz CT molecular complexity index is 317. The van der Waals surface area contributed by atoms with Gasteiger partial charge in [-0.3, -0.25) is 0 Å². The largest absolute Gasteiger partial charge is 0.493 e. The van der Waals surface area contributed by atoms with Gasteiger partial charge in [0, 0.05) is 6.04 Å². The Hall–Kier alpha value is -0.730. The maximum Gasteiger partial charge on any atom is 0.119 e. The molecule has 0 fully saturated rings. The molecule has 0 aromatic heterocycles. The van der Waals surface area contributed by atoms with E-state index in [1.807, 2.05) is 31.2 Å². The van der Waals surface area contributed by atoms with Crippen molar-refractivity contribution in [2.75, 3.05) is 6.61 Å². The molecular weight excluding hydrogens is 222 g/mol. The van der Waals surface area contributed by atoms with Crippen LogP contribution in [0.15, 0.2) is 24.3 Å². The second kappa shape index (κ2) is 6.77. The van der Waals surface area contributed by atoms with E-state index in [-0.39, 0.29) is 6.04 Å². The lowest BCUT2D eigenvalue weighted by Gasteiger charge is -2.13. The second-order valence-corrected chi connectivity index (χ2v) is 4.45. The molecule has 90 valence electrons. The highest BCUT2D eigenvalue weighted by Gasteiger charge is 2.05. The highest BCUT2D eigenvalue weighted by molar-refractivity contribution is 6.13. The van der Waals surface area contributed by atoms with Crippen molar-refractivity contribution in [2.45, 2.75) is 33.2 Å². The Kier molecular flexibility index (Phi) is 5.64. The van der Waals surface area contributed by atoms with E-state index >= 15 is 0 Å². The van der Waals surface area contributed by atoms with Gasteiger partial charge in [-0.15, -0.1) is 0 Å². The fourth-order valence-corrected chi connectivity index (χ4v) is 1.42. The predicted octanol–water partition coefficient (Wildman–Crippen LogP) is 3.92. The maximum atomic E-state index is 5.72. The molecule has 1 aromatic carbocycles. The number of ether oxygens (including phenoxy) is 1. The zero-order valence-corrected chi connectivity index (χ0v) is 10.9. The molecular formula is C13H20ClNO. The van der Waals surface area contributed by atoms with E-state index in [0.29, 0.717) is 5.92 Å². The van der Waals surface area contributed by atoms with Crippen molar-refractivity contribution < 1.29 is 4.74 Å². The predicted molar refractivity (Wildman–Crippen MR) is 68.8 cm³/mol. The van der Waals surface area contributed by atoms with Crippen LogP contribution in [-0.4, -0.2) is 6.61 Å². The molecule has 0 aliphatic rings. The van der Waals surface area contributed by atoms with Gasteiger partial charge in [0.1, 0.15) is 5.75 Å². The summed E-state index contributed by atoms with van der Waals surface area (Å²) in [6.07, 6.45) is 1.14. The fraction of sp³-hybridized carbons (Fsp3) is 0.538. The third kappa shape index (κ3) is 4.03. The Balaban J connectivity index is 2.60. The average molecular weight is 242 g/mol. The molecule has 0 saturated carbocycles. The molecule has 0 saturated heterocycles. The standard InChI is InChI=1S/C13H20ClNO/c1-4-10(2)9-16-13-7-5-6-12(8-13)11(3)15-14/h5-8,10-11,15H,4,9H2,1-3H3/t10-,11+/m0/s1. The van der Waals surface area contributed by atoms with Crippen LogP contribution in [0.4, 0.5) is 0 Å². The molecule has 2 nitrogen and oxygen atoms in total. The molecule has 0 bridgehead atoms. The lowest BCUT2D eigenvalue weighted by molar-refractivity contribution is 0.256. The molecule has 3 heteroatoms. The van der Waals surface area contributed by atoms with Crippen LogP contribution in [0.2, 0.25) is 0 Å². The molecule has 0 unspecified atom stereocenters. The Morgan fingerprint density at radius 1 is 1.38 bits per heavy atom. The van der Waals surface area contributed by atoms with E-state index in [4.69, 9.17) is 16.5 Å². The summed E-state index contributed by atoms with van der Waals surface area (Å²) in [5.41, 5.74) is 1.14. The van der Waals surface area contributed by atoms with Crippen molar-refractivity contribution in [2.24, 2.45) is 5.92 Å². The summed E-state index contributed by atoms with van der Waals surface area (Å²) in [7, 11) is 0. The topological polar surface area (TPSA) is 21.3 Å². The van der Waals surface area contributed by atoms with Crippen molar-refractivity contribution in [3.63, 3.8) is 0 Å². The van der Waals surface area contributed by atoms with Crippen LogP contribution in [0.3, 0.4) is 0 Å². The minimum atomic E-state index is 0.133. The number of rotatable bonds is 6. The summed E-state index contributed by atoms with van der Waals surface area (Å²) in [6.45, 7) is 7.14. The van der Waals surface area contributed by atoms with Gasteiger partial charge >= 0.3 is 0 Å². The van der Waals surface area contributed by atoms with E-state index < -0.39 is 0 Å². The molecule has 1 N–H and O–H groups in total. The first-order valence-electron chi connectivity index (χ1n) is 5.76. The maximum absolute atomic E-state index is 5.72. The van der Waals surface area contributed by atoms with E-state index in [1.54, 1.807) is 0 Å². The molecule has 1 aromatic rings. The van der Waals surface area contributed by atoms with Gasteiger partial charge in [0.05, 0.1) is 6.61 Å². The monoisotopic (exact) mass is 241 g/mol. The van der Waals surface area contributed by atoms with Crippen molar-refractivity contribution in [3.8, 4) is 5.75 Å². The highest BCUT2D eigenvalue weighted by Crippen LogP contribution is 2.20. The number of hydrogen-bond acceptors (Lipinski definition) is 2. The Morgan fingerprint density at radius 2 is 2.12 bits per heavy atom. The number of halogens is 1. The number of nitrogens with one attached hydrogen (secondary N) is 1. The van der Waals surface area contributed by atoms with Gasteiger partial charge < -0.3 is 4.74 Å². The first-order chi connectivity index (χ1) is 7.67. The van der Waals surface area contributed by atoms with Crippen LogP contribution in [0.25, 0.3) is 0 Å². The lowest BCUT2D eigenvalue weighted by Crippen LogP contribution is -2.09. The van der Waals surface area contributed by atoms with Gasteiger partial charge in [-0.25, -0.2) is 4.84 Å².